The van der Waals surface area contributed by atoms with Crippen LogP contribution < -0.4 is 15.0 Å². The maximum Gasteiger partial charge on any atom is 0.176 e. The monoisotopic (exact) mass is 425 g/mol. The molecular formula is C24H31N3O4. The minimum atomic E-state index is -0.548. The summed E-state index contributed by atoms with van der Waals surface area (Å²) >= 11 is 0. The number of methoxy groups -OCH3 is 1. The summed E-state index contributed by atoms with van der Waals surface area (Å²) in [6.45, 7) is 4.61. The lowest BCUT2D eigenvalue weighted by Crippen LogP contribution is -2.66. The lowest BCUT2D eigenvalue weighted by Gasteiger charge is -2.47. The van der Waals surface area contributed by atoms with Crippen LogP contribution >= 0.6 is 0 Å². The standard InChI is InChI=1S/C24H31N3O4/c1-29-19-10-6-5-9-18(19)26-11-13-27(14-12-26)22-23(28)21(20-16-30-24(22)31-20)25-15-17-7-3-2-4-8-17/h2-10,20-25,28H,11-16H2,1H3. The van der Waals surface area contributed by atoms with Crippen molar-refractivity contribution in [2.75, 3.05) is 44.8 Å². The Labute approximate surface area is 183 Å². The Hall–Kier alpha value is -2.16. The number of anilines is 1. The number of piperazine rings is 1. The second-order valence-electron chi connectivity index (χ2n) is 8.44. The number of benzene rings is 2. The fourth-order valence-electron chi connectivity index (χ4n) is 5.03. The van der Waals surface area contributed by atoms with E-state index in [0.717, 1.165) is 37.6 Å². The molecule has 0 saturated carbocycles. The van der Waals surface area contributed by atoms with Gasteiger partial charge in [-0.1, -0.05) is 42.5 Å². The van der Waals surface area contributed by atoms with E-state index in [4.69, 9.17) is 14.2 Å². The molecule has 0 radical (unpaired) electrons. The van der Waals surface area contributed by atoms with E-state index in [9.17, 15) is 5.11 Å². The van der Waals surface area contributed by atoms with Crippen LogP contribution in [-0.2, 0) is 16.0 Å². The van der Waals surface area contributed by atoms with Crippen molar-refractivity contribution < 1.29 is 19.3 Å². The van der Waals surface area contributed by atoms with Gasteiger partial charge in [0.15, 0.2) is 6.29 Å². The van der Waals surface area contributed by atoms with E-state index in [2.05, 4.69) is 33.3 Å². The van der Waals surface area contributed by atoms with Crippen molar-refractivity contribution in [3.63, 3.8) is 0 Å². The Morgan fingerprint density at radius 3 is 2.55 bits per heavy atom. The number of nitrogens with one attached hydrogen (secondary N) is 1. The number of fused-ring (bicyclic) bond motifs is 2. The average molecular weight is 426 g/mol. The third-order valence-corrected chi connectivity index (χ3v) is 6.68. The zero-order valence-corrected chi connectivity index (χ0v) is 17.9. The lowest BCUT2D eigenvalue weighted by molar-refractivity contribution is -0.183. The fourth-order valence-corrected chi connectivity index (χ4v) is 5.03. The molecule has 0 aromatic heterocycles. The Morgan fingerprint density at radius 2 is 1.77 bits per heavy atom. The van der Waals surface area contributed by atoms with E-state index in [1.807, 2.05) is 36.4 Å². The minimum absolute atomic E-state index is 0.116. The number of aliphatic hydroxyl groups is 1. The first-order valence-corrected chi connectivity index (χ1v) is 11.1. The highest BCUT2D eigenvalue weighted by molar-refractivity contribution is 5.58. The van der Waals surface area contributed by atoms with Gasteiger partial charge < -0.3 is 29.5 Å². The molecule has 3 heterocycles. The Bertz CT molecular complexity index is 859. The van der Waals surface area contributed by atoms with Gasteiger partial charge in [0.05, 0.1) is 37.6 Å². The van der Waals surface area contributed by atoms with E-state index in [0.29, 0.717) is 13.2 Å². The first-order valence-electron chi connectivity index (χ1n) is 11.1. The van der Waals surface area contributed by atoms with Crippen LogP contribution in [0.15, 0.2) is 54.6 Å². The number of para-hydroxylation sites is 2. The molecule has 3 saturated heterocycles. The molecule has 31 heavy (non-hydrogen) atoms. The molecule has 3 aliphatic rings. The molecule has 5 atom stereocenters. The highest BCUT2D eigenvalue weighted by Gasteiger charge is 2.52. The second-order valence-corrected chi connectivity index (χ2v) is 8.44. The van der Waals surface area contributed by atoms with Gasteiger partial charge in [-0.25, -0.2) is 0 Å². The van der Waals surface area contributed by atoms with E-state index in [1.54, 1.807) is 7.11 Å². The fraction of sp³-hybridized carbons (Fsp3) is 0.500. The van der Waals surface area contributed by atoms with Gasteiger partial charge in [0.1, 0.15) is 11.9 Å². The average Bonchev–Trinajstić information content (AvgIpc) is 3.25. The molecular weight excluding hydrogens is 394 g/mol. The third-order valence-electron chi connectivity index (χ3n) is 6.68. The summed E-state index contributed by atoms with van der Waals surface area (Å²) in [7, 11) is 1.71. The molecule has 2 bridgehead atoms. The highest BCUT2D eigenvalue weighted by atomic mass is 16.7. The topological polar surface area (TPSA) is 66.4 Å². The zero-order valence-electron chi connectivity index (χ0n) is 17.9. The van der Waals surface area contributed by atoms with E-state index in [-0.39, 0.29) is 24.5 Å². The van der Waals surface area contributed by atoms with Crippen molar-refractivity contribution in [1.29, 1.82) is 0 Å². The van der Waals surface area contributed by atoms with Gasteiger partial charge >= 0.3 is 0 Å². The van der Waals surface area contributed by atoms with Gasteiger partial charge in [-0.3, -0.25) is 4.90 Å². The quantitative estimate of drug-likeness (QED) is 0.726. The van der Waals surface area contributed by atoms with Gasteiger partial charge in [0.2, 0.25) is 0 Å². The third kappa shape index (κ3) is 4.16. The van der Waals surface area contributed by atoms with Crippen LogP contribution in [0.4, 0.5) is 5.69 Å². The minimum Gasteiger partial charge on any atom is -0.495 e. The lowest BCUT2D eigenvalue weighted by atomic mass is 9.94. The summed E-state index contributed by atoms with van der Waals surface area (Å²) in [5.41, 5.74) is 2.31. The number of nitrogens with zero attached hydrogens (tertiary/aromatic N) is 2. The molecule has 7 nitrogen and oxygen atoms in total. The molecule has 3 fully saturated rings. The predicted octanol–water partition coefficient (Wildman–Crippen LogP) is 1.46. The number of hydrogen-bond donors (Lipinski definition) is 2. The molecule has 5 rings (SSSR count). The van der Waals surface area contributed by atoms with Crippen LogP contribution in [0.25, 0.3) is 0 Å². The molecule has 2 aromatic rings. The van der Waals surface area contributed by atoms with Crippen molar-refractivity contribution in [2.24, 2.45) is 0 Å². The van der Waals surface area contributed by atoms with Crippen LogP contribution in [0.5, 0.6) is 5.75 Å². The molecule has 2 aromatic carbocycles. The molecule has 5 unspecified atom stereocenters. The van der Waals surface area contributed by atoms with Gasteiger partial charge in [-0.15, -0.1) is 0 Å². The summed E-state index contributed by atoms with van der Waals surface area (Å²) in [5.74, 6) is 0.893. The summed E-state index contributed by atoms with van der Waals surface area (Å²) in [6, 6.07) is 18.0. The summed E-state index contributed by atoms with van der Waals surface area (Å²) in [6.07, 6.45) is -1.03. The SMILES string of the molecule is COc1ccccc1N1CCN(C2C3OCC(O3)C(NCc3ccccc3)C2O)CC1. The normalized spacial score (nSPS) is 31.0. The van der Waals surface area contributed by atoms with Crippen LogP contribution in [0.2, 0.25) is 0 Å². The zero-order chi connectivity index (χ0) is 21.2. The van der Waals surface area contributed by atoms with Gasteiger partial charge in [0.25, 0.3) is 0 Å². The first-order chi connectivity index (χ1) is 15.2. The van der Waals surface area contributed by atoms with Crippen molar-refractivity contribution in [3.05, 3.63) is 60.2 Å². The summed E-state index contributed by atoms with van der Waals surface area (Å²) in [4.78, 5) is 4.66. The van der Waals surface area contributed by atoms with E-state index < -0.39 is 6.10 Å². The molecule has 0 aliphatic carbocycles. The first kappa shape index (κ1) is 20.7. The Kier molecular flexibility index (Phi) is 6.11. The van der Waals surface area contributed by atoms with Crippen molar-refractivity contribution >= 4 is 5.69 Å². The van der Waals surface area contributed by atoms with Crippen molar-refractivity contribution in [2.45, 2.75) is 37.1 Å². The largest absolute Gasteiger partial charge is 0.495 e. The second kappa shape index (κ2) is 9.14. The number of hydrogen-bond acceptors (Lipinski definition) is 7. The predicted molar refractivity (Wildman–Crippen MR) is 118 cm³/mol. The summed E-state index contributed by atoms with van der Waals surface area (Å²) in [5, 5.41) is 14.8. The number of aliphatic hydroxyl groups excluding tert-OH is 1. The summed E-state index contributed by atoms with van der Waals surface area (Å²) < 4.78 is 17.6. The molecule has 166 valence electrons. The molecule has 0 amide bonds. The molecule has 2 N–H and O–H groups in total. The Balaban J connectivity index is 1.24. The van der Waals surface area contributed by atoms with Crippen LogP contribution in [0.3, 0.4) is 0 Å². The molecule has 0 spiro atoms. The van der Waals surface area contributed by atoms with E-state index in [1.165, 1.54) is 5.56 Å². The number of rotatable bonds is 6. The van der Waals surface area contributed by atoms with Crippen LogP contribution in [0.1, 0.15) is 5.56 Å². The van der Waals surface area contributed by atoms with Crippen molar-refractivity contribution in [1.82, 2.24) is 10.2 Å². The maximum atomic E-state index is 11.3. The van der Waals surface area contributed by atoms with Gasteiger partial charge in [-0.05, 0) is 17.7 Å². The van der Waals surface area contributed by atoms with Crippen LogP contribution in [-0.4, -0.2) is 80.5 Å². The van der Waals surface area contributed by atoms with Gasteiger partial charge in [0, 0.05) is 32.7 Å². The smallest absolute Gasteiger partial charge is 0.176 e. The highest BCUT2D eigenvalue weighted by Crippen LogP contribution is 2.33. The van der Waals surface area contributed by atoms with Crippen LogP contribution in [0, 0.1) is 0 Å². The van der Waals surface area contributed by atoms with Gasteiger partial charge in [-0.2, -0.15) is 0 Å². The van der Waals surface area contributed by atoms with E-state index >= 15 is 0 Å². The Morgan fingerprint density at radius 1 is 1.03 bits per heavy atom. The number of ether oxygens (including phenoxy) is 3. The molecule has 7 heteroatoms. The van der Waals surface area contributed by atoms with Crippen molar-refractivity contribution in [3.8, 4) is 5.75 Å². The maximum absolute atomic E-state index is 11.3. The molecule has 3 aliphatic heterocycles.